The van der Waals surface area contributed by atoms with E-state index in [2.05, 4.69) is 255 Å². The second-order valence-corrected chi connectivity index (χ2v) is 18.2. The summed E-state index contributed by atoms with van der Waals surface area (Å²) in [5.74, 6) is 0.641. The van der Waals surface area contributed by atoms with Crippen molar-refractivity contribution in [1.82, 2.24) is 28.2 Å². The van der Waals surface area contributed by atoms with Crippen LogP contribution in [0.4, 0.5) is 0 Å². The highest BCUT2D eigenvalue weighted by Gasteiger charge is 2.21. The van der Waals surface area contributed by atoms with Gasteiger partial charge in [0.2, 0.25) is 0 Å². The Balaban J connectivity index is 0.993. The molecule has 0 fully saturated rings. The Kier molecular flexibility index (Phi) is 8.26. The van der Waals surface area contributed by atoms with Crippen LogP contribution in [0, 0.1) is 0 Å². The number of aromatic nitrogens is 6. The minimum Gasteiger partial charge on any atom is -0.309 e. The topological polar surface area (TPSA) is 45.5 Å². The van der Waals surface area contributed by atoms with Gasteiger partial charge in [-0.15, -0.1) is 0 Å². The van der Waals surface area contributed by atoms with Crippen molar-refractivity contribution in [1.29, 1.82) is 0 Å². The van der Waals surface area contributed by atoms with E-state index in [-0.39, 0.29) is 0 Å². The van der Waals surface area contributed by atoms with Crippen LogP contribution in [0.15, 0.2) is 243 Å². The summed E-state index contributed by atoms with van der Waals surface area (Å²) in [6, 6.07) is 85.4. The van der Waals surface area contributed by atoms with Crippen molar-refractivity contribution in [2.24, 2.45) is 0 Å². The van der Waals surface area contributed by atoms with Crippen LogP contribution in [0.25, 0.3) is 133 Å². The van der Waals surface area contributed by atoms with Crippen LogP contribution in [0.3, 0.4) is 0 Å². The highest BCUT2D eigenvalue weighted by atomic mass is 15.0. The van der Waals surface area contributed by atoms with E-state index in [1.54, 1.807) is 0 Å². The molecule has 0 aliphatic carbocycles. The largest absolute Gasteiger partial charge is 0.309 e. The number of para-hydroxylation sites is 8. The highest BCUT2D eigenvalue weighted by Crippen LogP contribution is 2.40. The molecule has 0 bridgehead atoms. The maximum absolute atomic E-state index is 5.55. The van der Waals surface area contributed by atoms with Gasteiger partial charge in [-0.05, 0) is 91.0 Å². The first kappa shape index (κ1) is 38.6. The molecular weight excluding hydrogens is 853 g/mol. The molecule has 70 heavy (non-hydrogen) atoms. The Morgan fingerprint density at radius 2 is 0.486 bits per heavy atom. The van der Waals surface area contributed by atoms with E-state index in [0.29, 0.717) is 5.82 Å². The number of benzene rings is 10. The third kappa shape index (κ3) is 5.68. The summed E-state index contributed by atoms with van der Waals surface area (Å²) in [6.45, 7) is 0. The van der Waals surface area contributed by atoms with Crippen LogP contribution in [0.2, 0.25) is 0 Å². The lowest BCUT2D eigenvalue weighted by atomic mass is 10.1. The number of fused-ring (bicyclic) bond motifs is 12. The molecule has 6 heteroatoms. The third-order valence-corrected chi connectivity index (χ3v) is 14.4. The van der Waals surface area contributed by atoms with E-state index >= 15 is 0 Å². The van der Waals surface area contributed by atoms with E-state index in [1.807, 2.05) is 6.20 Å². The Morgan fingerprint density at radius 1 is 0.243 bits per heavy atom. The number of rotatable bonds is 6. The monoisotopic (exact) mass is 892 g/mol. The molecule has 0 saturated carbocycles. The van der Waals surface area contributed by atoms with Crippen molar-refractivity contribution in [3.63, 3.8) is 0 Å². The molecule has 0 spiro atoms. The highest BCUT2D eigenvalue weighted by molar-refractivity contribution is 6.12. The van der Waals surface area contributed by atoms with Gasteiger partial charge < -0.3 is 18.3 Å². The van der Waals surface area contributed by atoms with Crippen molar-refractivity contribution in [3.8, 4) is 45.4 Å². The summed E-state index contributed by atoms with van der Waals surface area (Å²) in [6.07, 6.45) is 1.91. The quantitative estimate of drug-likeness (QED) is 0.167. The lowest BCUT2D eigenvalue weighted by Gasteiger charge is -2.17. The Hall–Kier alpha value is -9.52. The SMILES string of the molecule is c1ccc2c(c1)c1ccccc1n2-c1cc(-c2ccnc(-c3cc(-n4c5ccccc5c5ccccc54)cc(-n4c5ccccc5c5ccccc54)c3)n2)cc(-n2c3ccccc3c3ccccc32)c1. The molecule has 0 N–H and O–H groups in total. The summed E-state index contributed by atoms with van der Waals surface area (Å²) in [5, 5.41) is 9.71. The fourth-order valence-corrected chi connectivity index (χ4v) is 11.4. The standard InChI is InChI=1S/C64H40N6/c1-9-25-56-47(17-1)48-18-2-10-26-57(48)67(56)43-35-41(36-44(39-43)68-58-27-11-3-19-49(58)50-20-4-12-28-59(50)68)55-33-34-65-64(66-55)42-37-45(69-60-29-13-5-21-51(60)52-22-6-14-30-61(52)69)40-46(38-42)70-62-31-15-7-23-53(62)54-24-8-16-32-63(54)70/h1-40H. The van der Waals surface area contributed by atoms with Gasteiger partial charge in [-0.1, -0.05) is 146 Å². The van der Waals surface area contributed by atoms with E-state index < -0.39 is 0 Å². The Labute approximate surface area is 401 Å². The first-order valence-electron chi connectivity index (χ1n) is 23.8. The first-order chi connectivity index (χ1) is 34.7. The number of nitrogens with zero attached hydrogens (tertiary/aromatic N) is 6. The fraction of sp³-hybridized carbons (Fsp3) is 0. The molecule has 326 valence electrons. The van der Waals surface area contributed by atoms with Gasteiger partial charge in [0.05, 0.1) is 49.8 Å². The zero-order valence-corrected chi connectivity index (χ0v) is 37.8. The Morgan fingerprint density at radius 3 is 0.757 bits per heavy atom. The fourth-order valence-electron chi connectivity index (χ4n) is 11.4. The van der Waals surface area contributed by atoms with E-state index in [4.69, 9.17) is 9.97 Å². The first-order valence-corrected chi connectivity index (χ1v) is 23.8. The second kappa shape index (κ2) is 15.0. The zero-order chi connectivity index (χ0) is 45.9. The molecule has 0 radical (unpaired) electrons. The van der Waals surface area contributed by atoms with Gasteiger partial charge >= 0.3 is 0 Å². The number of hydrogen-bond donors (Lipinski definition) is 0. The van der Waals surface area contributed by atoms with Crippen LogP contribution in [0.5, 0.6) is 0 Å². The molecule has 5 aromatic heterocycles. The normalized spacial score (nSPS) is 12.0. The lowest BCUT2D eigenvalue weighted by molar-refractivity contribution is 1.12. The van der Waals surface area contributed by atoms with Crippen LogP contribution in [-0.4, -0.2) is 28.2 Å². The molecule has 0 aliphatic heterocycles. The van der Waals surface area contributed by atoms with E-state index in [0.717, 1.165) is 83.7 Å². The summed E-state index contributed by atoms with van der Waals surface area (Å²) in [5.41, 5.74) is 16.1. The van der Waals surface area contributed by atoms with Crippen LogP contribution >= 0.6 is 0 Å². The summed E-state index contributed by atoms with van der Waals surface area (Å²) in [7, 11) is 0. The van der Waals surface area contributed by atoms with Crippen LogP contribution in [0.1, 0.15) is 0 Å². The van der Waals surface area contributed by atoms with Gasteiger partial charge in [0.25, 0.3) is 0 Å². The average Bonchev–Trinajstić information content (AvgIpc) is 4.16. The minimum absolute atomic E-state index is 0.641. The predicted octanol–water partition coefficient (Wildman–Crippen LogP) is 16.2. The molecule has 0 saturated heterocycles. The second-order valence-electron chi connectivity index (χ2n) is 18.2. The number of hydrogen-bond acceptors (Lipinski definition) is 2. The van der Waals surface area contributed by atoms with Gasteiger partial charge in [-0.2, -0.15) is 0 Å². The molecule has 0 unspecified atom stereocenters. The molecule has 5 heterocycles. The molecule has 0 atom stereocenters. The van der Waals surface area contributed by atoms with Crippen molar-refractivity contribution < 1.29 is 0 Å². The molecule has 0 amide bonds. The van der Waals surface area contributed by atoms with E-state index in [1.165, 1.54) is 43.1 Å². The predicted molar refractivity (Wildman–Crippen MR) is 290 cm³/mol. The molecule has 0 aliphatic rings. The summed E-state index contributed by atoms with van der Waals surface area (Å²) >= 11 is 0. The van der Waals surface area contributed by atoms with Crippen molar-refractivity contribution in [3.05, 3.63) is 243 Å². The van der Waals surface area contributed by atoms with E-state index in [9.17, 15) is 0 Å². The maximum Gasteiger partial charge on any atom is 0.159 e. The van der Waals surface area contributed by atoms with Crippen molar-refractivity contribution in [2.45, 2.75) is 0 Å². The third-order valence-electron chi connectivity index (χ3n) is 14.4. The maximum atomic E-state index is 5.55. The molecule has 15 aromatic rings. The molecule has 15 rings (SSSR count). The van der Waals surface area contributed by atoms with Crippen molar-refractivity contribution >= 4 is 87.2 Å². The van der Waals surface area contributed by atoms with Gasteiger partial charge in [0.1, 0.15) is 0 Å². The minimum atomic E-state index is 0.641. The summed E-state index contributed by atoms with van der Waals surface area (Å²) < 4.78 is 9.59. The van der Waals surface area contributed by atoms with Crippen molar-refractivity contribution in [2.75, 3.05) is 0 Å². The van der Waals surface area contributed by atoms with Gasteiger partial charge in [-0.25, -0.2) is 9.97 Å². The Bertz CT molecular complexity index is 3850. The lowest BCUT2D eigenvalue weighted by Crippen LogP contribution is -2.02. The smallest absolute Gasteiger partial charge is 0.159 e. The molecular formula is C64H40N6. The van der Waals surface area contributed by atoms with Crippen LogP contribution in [-0.2, 0) is 0 Å². The molecule has 10 aromatic carbocycles. The van der Waals surface area contributed by atoms with Gasteiger partial charge in [0, 0.05) is 83.2 Å². The average molecular weight is 893 g/mol. The van der Waals surface area contributed by atoms with Gasteiger partial charge in [-0.3, -0.25) is 0 Å². The van der Waals surface area contributed by atoms with Gasteiger partial charge in [0.15, 0.2) is 5.82 Å². The molecule has 6 nitrogen and oxygen atoms in total. The van der Waals surface area contributed by atoms with Crippen LogP contribution < -0.4 is 0 Å². The summed E-state index contributed by atoms with van der Waals surface area (Å²) in [4.78, 5) is 10.7. The zero-order valence-electron chi connectivity index (χ0n) is 37.8.